The first kappa shape index (κ1) is 10.6. The summed E-state index contributed by atoms with van der Waals surface area (Å²) in [6.07, 6.45) is 2.61. The predicted molar refractivity (Wildman–Crippen MR) is 56.7 cm³/mol. The van der Waals surface area contributed by atoms with Crippen LogP contribution in [0.25, 0.3) is 0 Å². The molecule has 3 nitrogen and oxygen atoms in total. The average Bonchev–Trinajstić information content (AvgIpc) is 2.15. The molecule has 0 aliphatic rings. The highest BCUT2D eigenvalue weighted by Gasteiger charge is 1.94. The van der Waals surface area contributed by atoms with Gasteiger partial charge in [-0.1, -0.05) is 29.8 Å². The van der Waals surface area contributed by atoms with E-state index in [1.807, 2.05) is 18.2 Å². The number of para-hydroxylation sites is 1. The first-order chi connectivity index (χ1) is 6.70. The molecule has 0 aromatic heterocycles. The summed E-state index contributed by atoms with van der Waals surface area (Å²) in [4.78, 5) is 10.1. The lowest BCUT2D eigenvalue weighted by Gasteiger charge is -2.04. The molecule has 74 valence electrons. The number of carboxylic acid groups (broad SMARTS) is 1. The van der Waals surface area contributed by atoms with Gasteiger partial charge in [-0.15, -0.1) is 0 Å². The smallest absolute Gasteiger partial charge is 0.328 e. The van der Waals surface area contributed by atoms with Gasteiger partial charge in [-0.25, -0.2) is 4.79 Å². The van der Waals surface area contributed by atoms with Crippen LogP contribution in [0.3, 0.4) is 0 Å². The van der Waals surface area contributed by atoms with Gasteiger partial charge in [0.05, 0.1) is 10.7 Å². The van der Waals surface area contributed by atoms with E-state index in [4.69, 9.17) is 16.7 Å². The Morgan fingerprint density at radius 2 is 2.21 bits per heavy atom. The second kappa shape index (κ2) is 5.29. The zero-order valence-electron chi connectivity index (χ0n) is 7.40. The maximum absolute atomic E-state index is 10.1. The summed E-state index contributed by atoms with van der Waals surface area (Å²) in [5.41, 5.74) is 0.796. The highest BCUT2D eigenvalue weighted by atomic mass is 35.5. The van der Waals surface area contributed by atoms with Crippen LogP contribution in [-0.4, -0.2) is 17.6 Å². The minimum Gasteiger partial charge on any atom is -0.478 e. The highest BCUT2D eigenvalue weighted by molar-refractivity contribution is 6.33. The molecule has 0 fully saturated rings. The van der Waals surface area contributed by atoms with Crippen molar-refractivity contribution >= 4 is 23.3 Å². The lowest BCUT2D eigenvalue weighted by molar-refractivity contribution is -0.131. The van der Waals surface area contributed by atoms with Gasteiger partial charge in [0.2, 0.25) is 0 Å². The molecule has 0 amide bonds. The molecule has 0 radical (unpaired) electrons. The minimum atomic E-state index is -0.953. The molecular weight excluding hydrogens is 202 g/mol. The molecule has 0 atom stereocenters. The van der Waals surface area contributed by atoms with Crippen LogP contribution >= 0.6 is 11.6 Å². The zero-order valence-corrected chi connectivity index (χ0v) is 8.16. The summed E-state index contributed by atoms with van der Waals surface area (Å²) < 4.78 is 0. The van der Waals surface area contributed by atoms with Gasteiger partial charge in [-0.3, -0.25) is 0 Å². The molecule has 0 aliphatic heterocycles. The van der Waals surface area contributed by atoms with Crippen LogP contribution in [0.15, 0.2) is 36.4 Å². The van der Waals surface area contributed by atoms with Crippen molar-refractivity contribution in [1.82, 2.24) is 0 Å². The Morgan fingerprint density at radius 3 is 2.86 bits per heavy atom. The third kappa shape index (κ3) is 3.49. The number of carboxylic acids is 1. The highest BCUT2D eigenvalue weighted by Crippen LogP contribution is 2.19. The molecule has 0 aliphatic carbocycles. The summed E-state index contributed by atoms with van der Waals surface area (Å²) in [6.45, 7) is 0.441. The molecule has 2 N–H and O–H groups in total. The van der Waals surface area contributed by atoms with Gasteiger partial charge >= 0.3 is 5.97 Å². The van der Waals surface area contributed by atoms with Crippen LogP contribution in [0.5, 0.6) is 0 Å². The Labute approximate surface area is 87.0 Å². The number of carbonyl (C=O) groups is 1. The number of rotatable bonds is 4. The van der Waals surface area contributed by atoms with E-state index < -0.39 is 5.97 Å². The second-order valence-corrected chi connectivity index (χ2v) is 3.01. The van der Waals surface area contributed by atoms with Gasteiger partial charge in [0.15, 0.2) is 0 Å². The number of hydrogen-bond donors (Lipinski definition) is 2. The van der Waals surface area contributed by atoms with Crippen LogP contribution in [0, 0.1) is 0 Å². The molecule has 0 bridgehead atoms. The van der Waals surface area contributed by atoms with E-state index in [0.29, 0.717) is 11.6 Å². The van der Waals surface area contributed by atoms with Gasteiger partial charge in [0.25, 0.3) is 0 Å². The molecule has 0 saturated heterocycles. The lowest BCUT2D eigenvalue weighted by Crippen LogP contribution is -1.99. The fraction of sp³-hybridized carbons (Fsp3) is 0.100. The van der Waals surface area contributed by atoms with Gasteiger partial charge in [0.1, 0.15) is 0 Å². The van der Waals surface area contributed by atoms with E-state index >= 15 is 0 Å². The minimum absolute atomic E-state index is 0.441. The third-order valence-corrected chi connectivity index (χ3v) is 1.87. The van der Waals surface area contributed by atoms with Crippen molar-refractivity contribution in [2.75, 3.05) is 11.9 Å². The molecule has 14 heavy (non-hydrogen) atoms. The molecule has 1 rings (SSSR count). The Bertz CT molecular complexity index is 350. The van der Waals surface area contributed by atoms with E-state index in [1.165, 1.54) is 6.08 Å². The van der Waals surface area contributed by atoms with Crippen LogP contribution in [0.4, 0.5) is 5.69 Å². The van der Waals surface area contributed by atoms with Crippen molar-refractivity contribution in [3.8, 4) is 0 Å². The summed E-state index contributed by atoms with van der Waals surface area (Å²) in [5, 5.41) is 11.9. The van der Waals surface area contributed by atoms with Crippen LogP contribution in [0.2, 0.25) is 5.02 Å². The predicted octanol–water partition coefficient (Wildman–Crippen LogP) is 2.39. The maximum atomic E-state index is 10.1. The van der Waals surface area contributed by atoms with Crippen molar-refractivity contribution in [1.29, 1.82) is 0 Å². The monoisotopic (exact) mass is 211 g/mol. The summed E-state index contributed by atoms with van der Waals surface area (Å²) in [6, 6.07) is 7.29. The molecule has 0 unspecified atom stereocenters. The quantitative estimate of drug-likeness (QED) is 0.752. The van der Waals surface area contributed by atoms with Crippen molar-refractivity contribution in [3.63, 3.8) is 0 Å². The van der Waals surface area contributed by atoms with Gasteiger partial charge in [-0.05, 0) is 12.1 Å². The largest absolute Gasteiger partial charge is 0.478 e. The fourth-order valence-corrected chi connectivity index (χ4v) is 1.14. The van der Waals surface area contributed by atoms with Crippen molar-refractivity contribution in [2.24, 2.45) is 0 Å². The number of benzene rings is 1. The maximum Gasteiger partial charge on any atom is 0.328 e. The summed E-state index contributed by atoms with van der Waals surface area (Å²) in [5.74, 6) is -0.953. The Morgan fingerprint density at radius 1 is 1.50 bits per heavy atom. The van der Waals surface area contributed by atoms with E-state index in [0.717, 1.165) is 11.8 Å². The Hall–Kier alpha value is -1.48. The number of nitrogens with one attached hydrogen (secondary N) is 1. The molecule has 1 aromatic rings. The average molecular weight is 212 g/mol. The van der Waals surface area contributed by atoms with Crippen LogP contribution in [-0.2, 0) is 4.79 Å². The summed E-state index contributed by atoms with van der Waals surface area (Å²) >= 11 is 5.86. The molecule has 0 heterocycles. The number of aliphatic carboxylic acids is 1. The first-order valence-corrected chi connectivity index (χ1v) is 4.46. The van der Waals surface area contributed by atoms with E-state index in [2.05, 4.69) is 5.32 Å². The van der Waals surface area contributed by atoms with Crippen molar-refractivity contribution in [2.45, 2.75) is 0 Å². The van der Waals surface area contributed by atoms with Gasteiger partial charge in [-0.2, -0.15) is 0 Å². The SMILES string of the molecule is O=C(O)/C=C/CNc1ccccc1Cl. The topological polar surface area (TPSA) is 49.3 Å². The van der Waals surface area contributed by atoms with Crippen LogP contribution in [0.1, 0.15) is 0 Å². The molecule has 0 spiro atoms. The van der Waals surface area contributed by atoms with Gasteiger partial charge < -0.3 is 10.4 Å². The van der Waals surface area contributed by atoms with Crippen LogP contribution < -0.4 is 5.32 Å². The van der Waals surface area contributed by atoms with Crippen molar-refractivity contribution < 1.29 is 9.90 Å². The lowest BCUT2D eigenvalue weighted by atomic mass is 10.3. The van der Waals surface area contributed by atoms with E-state index in [9.17, 15) is 4.79 Å². The zero-order chi connectivity index (χ0) is 10.4. The number of halogens is 1. The fourth-order valence-electron chi connectivity index (χ4n) is 0.933. The second-order valence-electron chi connectivity index (χ2n) is 2.60. The van der Waals surface area contributed by atoms with E-state index in [-0.39, 0.29) is 0 Å². The molecule has 4 heteroatoms. The number of hydrogen-bond acceptors (Lipinski definition) is 2. The van der Waals surface area contributed by atoms with E-state index in [1.54, 1.807) is 6.07 Å². The standard InChI is InChI=1S/C10H10ClNO2/c11-8-4-1-2-5-9(8)12-7-3-6-10(13)14/h1-6,12H,7H2,(H,13,14)/b6-3+. The number of anilines is 1. The Kier molecular flexibility index (Phi) is 4.01. The molecular formula is C10H10ClNO2. The van der Waals surface area contributed by atoms with Gasteiger partial charge in [0, 0.05) is 12.6 Å². The molecule has 1 aromatic carbocycles. The Balaban J connectivity index is 2.46. The summed E-state index contributed by atoms with van der Waals surface area (Å²) in [7, 11) is 0. The molecule has 0 saturated carbocycles. The normalized spacial score (nSPS) is 10.4. The third-order valence-electron chi connectivity index (χ3n) is 1.54. The first-order valence-electron chi connectivity index (χ1n) is 4.08. The van der Waals surface area contributed by atoms with Crippen molar-refractivity contribution in [3.05, 3.63) is 41.4 Å².